The maximum atomic E-state index is 13.9. The minimum atomic E-state index is -1.23. The lowest BCUT2D eigenvalue weighted by Gasteiger charge is -2.17. The lowest BCUT2D eigenvalue weighted by molar-refractivity contribution is 0.0247. The molecule has 0 unspecified atom stereocenters. The highest BCUT2D eigenvalue weighted by molar-refractivity contribution is 7.13. The molecule has 0 saturated carbocycles. The second kappa shape index (κ2) is 8.54. The van der Waals surface area contributed by atoms with E-state index in [0.717, 1.165) is 6.20 Å². The number of nitrogens with one attached hydrogen (secondary N) is 1. The molecule has 0 radical (unpaired) electrons. The van der Waals surface area contributed by atoms with E-state index < -0.39 is 30.0 Å². The van der Waals surface area contributed by atoms with Gasteiger partial charge in [0.25, 0.3) is 5.91 Å². The molecule has 11 heteroatoms. The van der Waals surface area contributed by atoms with Crippen LogP contribution in [0.15, 0.2) is 30.0 Å². The fourth-order valence-electron chi connectivity index (χ4n) is 3.31. The van der Waals surface area contributed by atoms with Crippen molar-refractivity contribution in [2.24, 2.45) is 12.8 Å². The highest BCUT2D eigenvalue weighted by Crippen LogP contribution is 2.32. The maximum Gasteiger partial charge on any atom is 0.275 e. The zero-order chi connectivity index (χ0) is 21.3. The summed E-state index contributed by atoms with van der Waals surface area (Å²) < 4.78 is 34.5. The van der Waals surface area contributed by atoms with Crippen LogP contribution in [-0.4, -0.2) is 44.5 Å². The van der Waals surface area contributed by atoms with Crippen LogP contribution in [0, 0.1) is 5.82 Å². The Kier molecular flexibility index (Phi) is 5.84. The summed E-state index contributed by atoms with van der Waals surface area (Å²) in [6.07, 6.45) is 3.39. The van der Waals surface area contributed by atoms with Gasteiger partial charge in [-0.15, -0.1) is 11.3 Å². The molecular weight excluding hydrogens is 414 g/mol. The molecule has 1 aliphatic rings. The van der Waals surface area contributed by atoms with Crippen LogP contribution in [0.3, 0.4) is 0 Å². The first kappa shape index (κ1) is 20.5. The molecule has 0 aliphatic carbocycles. The number of ether oxygens (including phenoxy) is 1. The summed E-state index contributed by atoms with van der Waals surface area (Å²) in [5.74, 6) is -0.919. The van der Waals surface area contributed by atoms with Crippen molar-refractivity contribution < 1.29 is 18.3 Å². The molecule has 0 aromatic carbocycles. The van der Waals surface area contributed by atoms with E-state index in [4.69, 9.17) is 10.5 Å². The van der Waals surface area contributed by atoms with E-state index in [9.17, 15) is 13.6 Å². The molecule has 3 atom stereocenters. The molecular formula is C19H20F2N6O2S. The van der Waals surface area contributed by atoms with Crippen LogP contribution < -0.4 is 11.1 Å². The van der Waals surface area contributed by atoms with E-state index in [1.807, 2.05) is 0 Å². The van der Waals surface area contributed by atoms with Gasteiger partial charge in [0.05, 0.1) is 30.4 Å². The van der Waals surface area contributed by atoms with Crippen LogP contribution in [0.4, 0.5) is 14.5 Å². The molecule has 1 aliphatic heterocycles. The summed E-state index contributed by atoms with van der Waals surface area (Å²) in [5, 5.41) is 9.05. The predicted octanol–water partition coefficient (Wildman–Crippen LogP) is 2.85. The van der Waals surface area contributed by atoms with Gasteiger partial charge in [-0.3, -0.25) is 14.5 Å². The Morgan fingerprint density at radius 1 is 1.37 bits per heavy atom. The third-order valence-electron chi connectivity index (χ3n) is 4.91. The highest BCUT2D eigenvalue weighted by Gasteiger charge is 2.30. The summed E-state index contributed by atoms with van der Waals surface area (Å²) >= 11 is 1.21. The molecule has 0 spiro atoms. The Labute approximate surface area is 175 Å². The molecule has 0 bridgehead atoms. The van der Waals surface area contributed by atoms with Gasteiger partial charge in [0.1, 0.15) is 28.8 Å². The summed E-state index contributed by atoms with van der Waals surface area (Å²) in [4.78, 5) is 20.8. The van der Waals surface area contributed by atoms with Crippen molar-refractivity contribution >= 4 is 22.9 Å². The quantitative estimate of drug-likeness (QED) is 0.654. The smallest absolute Gasteiger partial charge is 0.275 e. The minimum Gasteiger partial charge on any atom is -0.369 e. The number of pyridine rings is 1. The van der Waals surface area contributed by atoms with Crippen LogP contribution in [0.25, 0.3) is 10.6 Å². The van der Waals surface area contributed by atoms with Gasteiger partial charge < -0.3 is 15.8 Å². The van der Waals surface area contributed by atoms with Crippen LogP contribution in [0.1, 0.15) is 35.1 Å². The standard InChI is InChI=1S/C19H20F2N6O2S/c1-27-17(16-3-2-13(22)12(21)8-29-16)14(7-24-27)25-18(28)15-9-30-19(26-15)10-4-11(20)6-23-5-10/h4-7,9,12-13,16H,2-3,8,22H2,1H3,(H,25,28)/t12-,13+,16-/m0/s1. The third-order valence-corrected chi connectivity index (χ3v) is 5.80. The number of nitrogens with two attached hydrogens (primary N) is 1. The molecule has 3 aromatic heterocycles. The Morgan fingerprint density at radius 3 is 3.00 bits per heavy atom. The molecule has 3 N–H and O–H groups in total. The van der Waals surface area contributed by atoms with Crippen molar-refractivity contribution in [3.63, 3.8) is 0 Å². The molecule has 4 rings (SSSR count). The summed E-state index contributed by atoms with van der Waals surface area (Å²) in [6, 6.07) is 0.728. The lowest BCUT2D eigenvalue weighted by Crippen LogP contribution is -2.32. The fourth-order valence-corrected chi connectivity index (χ4v) is 4.09. The first-order chi connectivity index (χ1) is 14.4. The average Bonchev–Trinajstić information content (AvgIpc) is 3.32. The van der Waals surface area contributed by atoms with Gasteiger partial charge in [-0.05, 0) is 18.9 Å². The second-order valence-electron chi connectivity index (χ2n) is 7.03. The number of hydrogen-bond donors (Lipinski definition) is 2. The van der Waals surface area contributed by atoms with Gasteiger partial charge in [-0.2, -0.15) is 5.10 Å². The maximum absolute atomic E-state index is 13.9. The second-order valence-corrected chi connectivity index (χ2v) is 7.89. The van der Waals surface area contributed by atoms with E-state index in [2.05, 4.69) is 20.4 Å². The SMILES string of the molecule is Cn1ncc(NC(=O)c2csc(-c3cncc(F)c3)n2)c1[C@@H]1CC[C@@H](N)[C@@H](F)CO1. The Hall–Kier alpha value is -2.76. The zero-order valence-electron chi connectivity index (χ0n) is 16.1. The molecule has 30 heavy (non-hydrogen) atoms. The zero-order valence-corrected chi connectivity index (χ0v) is 16.9. The molecule has 4 heterocycles. The number of hydrogen-bond acceptors (Lipinski definition) is 7. The van der Waals surface area contributed by atoms with Gasteiger partial charge >= 0.3 is 0 Å². The van der Waals surface area contributed by atoms with E-state index in [1.54, 1.807) is 17.1 Å². The average molecular weight is 434 g/mol. The minimum absolute atomic E-state index is 0.110. The molecule has 1 saturated heterocycles. The highest BCUT2D eigenvalue weighted by atomic mass is 32.1. The van der Waals surface area contributed by atoms with Gasteiger partial charge in [-0.1, -0.05) is 0 Å². The van der Waals surface area contributed by atoms with Crippen LogP contribution in [0.5, 0.6) is 0 Å². The van der Waals surface area contributed by atoms with E-state index in [1.165, 1.54) is 29.8 Å². The number of alkyl halides is 1. The van der Waals surface area contributed by atoms with E-state index >= 15 is 0 Å². The van der Waals surface area contributed by atoms with Crippen molar-refractivity contribution in [1.29, 1.82) is 0 Å². The molecule has 8 nitrogen and oxygen atoms in total. The normalized spacial score (nSPS) is 21.9. The van der Waals surface area contributed by atoms with Gasteiger partial charge in [0.15, 0.2) is 0 Å². The van der Waals surface area contributed by atoms with E-state index in [0.29, 0.717) is 34.8 Å². The van der Waals surface area contributed by atoms with Gasteiger partial charge in [0, 0.05) is 30.2 Å². The largest absolute Gasteiger partial charge is 0.369 e. The number of rotatable bonds is 4. The van der Waals surface area contributed by atoms with Gasteiger partial charge in [-0.25, -0.2) is 13.8 Å². The lowest BCUT2D eigenvalue weighted by atomic mass is 10.0. The Bertz CT molecular complexity index is 1040. The number of aryl methyl sites for hydroxylation is 1. The van der Waals surface area contributed by atoms with Crippen molar-refractivity contribution in [3.8, 4) is 10.6 Å². The molecule has 158 valence electrons. The topological polar surface area (TPSA) is 108 Å². The summed E-state index contributed by atoms with van der Waals surface area (Å²) in [5.41, 5.74) is 7.57. The number of carbonyl (C=O) groups is 1. The van der Waals surface area contributed by atoms with Crippen LogP contribution in [0.2, 0.25) is 0 Å². The predicted molar refractivity (Wildman–Crippen MR) is 107 cm³/mol. The number of anilines is 1. The van der Waals surface area contributed by atoms with Crippen molar-refractivity contribution in [3.05, 3.63) is 47.2 Å². The fraction of sp³-hybridized carbons (Fsp3) is 0.368. The number of aromatic nitrogens is 4. The third kappa shape index (κ3) is 4.23. The Morgan fingerprint density at radius 2 is 2.20 bits per heavy atom. The number of nitrogens with zero attached hydrogens (tertiary/aromatic N) is 4. The monoisotopic (exact) mass is 434 g/mol. The summed E-state index contributed by atoms with van der Waals surface area (Å²) in [6.45, 7) is -0.110. The first-order valence-electron chi connectivity index (χ1n) is 9.33. The number of amides is 1. The number of thiazole rings is 1. The van der Waals surface area contributed by atoms with E-state index in [-0.39, 0.29) is 12.3 Å². The molecule has 3 aromatic rings. The van der Waals surface area contributed by atoms with Gasteiger partial charge in [0.2, 0.25) is 0 Å². The van der Waals surface area contributed by atoms with Crippen molar-refractivity contribution in [2.75, 3.05) is 11.9 Å². The Balaban J connectivity index is 1.52. The summed E-state index contributed by atoms with van der Waals surface area (Å²) in [7, 11) is 1.73. The van der Waals surface area contributed by atoms with Crippen LogP contribution >= 0.6 is 11.3 Å². The number of halogens is 2. The van der Waals surface area contributed by atoms with Crippen molar-refractivity contribution in [1.82, 2.24) is 19.7 Å². The number of carbonyl (C=O) groups excluding carboxylic acids is 1. The molecule has 1 amide bonds. The van der Waals surface area contributed by atoms with Crippen LogP contribution in [-0.2, 0) is 11.8 Å². The van der Waals surface area contributed by atoms with Crippen molar-refractivity contribution in [2.45, 2.75) is 31.2 Å². The first-order valence-corrected chi connectivity index (χ1v) is 10.2. The molecule has 1 fully saturated rings.